The molecule has 0 nitrogen and oxygen atoms in total. The van der Waals surface area contributed by atoms with Gasteiger partial charge in [-0.05, 0) is 104 Å². The summed E-state index contributed by atoms with van der Waals surface area (Å²) in [5.41, 5.74) is 5.16. The average Bonchev–Trinajstić information content (AvgIpc) is 3.09. The number of rotatable bonds is 2. The molecular weight excluding hydrogens is 528 g/mol. The third kappa shape index (κ3) is 3.23. The van der Waals surface area contributed by atoms with Crippen LogP contribution < -0.4 is 0 Å². The summed E-state index contributed by atoms with van der Waals surface area (Å²) >= 11 is 0. The second kappa shape index (κ2) is 8.89. The van der Waals surface area contributed by atoms with Crippen LogP contribution >= 0.6 is 0 Å². The fourth-order valence-electron chi connectivity index (χ4n) is 7.84. The van der Waals surface area contributed by atoms with E-state index in [-0.39, 0.29) is 0 Å². The summed E-state index contributed by atoms with van der Waals surface area (Å²) in [6.07, 6.45) is 0. The van der Waals surface area contributed by atoms with Crippen LogP contribution in [0.1, 0.15) is 0 Å². The Kier molecular flexibility index (Phi) is 4.81. The Morgan fingerprint density at radius 2 is 0.773 bits per heavy atom. The zero-order valence-corrected chi connectivity index (χ0v) is 24.0. The van der Waals surface area contributed by atoms with Crippen LogP contribution in [0.25, 0.3) is 97.7 Å². The minimum absolute atomic E-state index is 1.27. The molecule has 0 saturated heterocycles. The van der Waals surface area contributed by atoms with Gasteiger partial charge in [-0.3, -0.25) is 0 Å². The van der Waals surface area contributed by atoms with E-state index in [2.05, 4.69) is 158 Å². The molecule has 0 heterocycles. The first-order valence-corrected chi connectivity index (χ1v) is 15.4. The Bertz CT molecular complexity index is 2740. The van der Waals surface area contributed by atoms with E-state index >= 15 is 0 Å². The lowest BCUT2D eigenvalue weighted by atomic mass is 9.84. The third-order valence-corrected chi connectivity index (χ3v) is 9.78. The first kappa shape index (κ1) is 23.8. The van der Waals surface area contributed by atoms with Crippen molar-refractivity contribution in [2.45, 2.75) is 0 Å². The fraction of sp³-hybridized carbons (Fsp3) is 0. The highest BCUT2D eigenvalue weighted by Crippen LogP contribution is 2.46. The van der Waals surface area contributed by atoms with Crippen molar-refractivity contribution >= 4 is 75.4 Å². The highest BCUT2D eigenvalue weighted by molar-refractivity contribution is 6.29. The van der Waals surface area contributed by atoms with Gasteiger partial charge in [0.2, 0.25) is 0 Å². The zero-order chi connectivity index (χ0) is 28.8. The van der Waals surface area contributed by atoms with E-state index in [1.807, 2.05) is 0 Å². The molecule has 10 aromatic carbocycles. The Balaban J connectivity index is 1.34. The highest BCUT2D eigenvalue weighted by Gasteiger charge is 2.18. The fourth-order valence-corrected chi connectivity index (χ4v) is 7.84. The quantitative estimate of drug-likeness (QED) is 0.147. The first-order chi connectivity index (χ1) is 21.8. The molecule has 0 fully saturated rings. The second-order valence-corrected chi connectivity index (χ2v) is 12.0. The largest absolute Gasteiger partial charge is 0.0616 e. The van der Waals surface area contributed by atoms with E-state index < -0.39 is 0 Å². The van der Waals surface area contributed by atoms with E-state index in [1.165, 1.54) is 97.7 Å². The minimum Gasteiger partial charge on any atom is -0.0616 e. The lowest BCUT2D eigenvalue weighted by molar-refractivity contribution is 1.69. The monoisotopic (exact) mass is 554 g/mol. The SMILES string of the molecule is c1ccc2c(-c3cccc4c3ccc3c(-c5ccc6ccc7cccc8ccc5c6c78)c5ccccc5cc34)cccc2c1. The minimum atomic E-state index is 1.27. The van der Waals surface area contributed by atoms with E-state index in [0.29, 0.717) is 0 Å². The lowest BCUT2D eigenvalue weighted by Crippen LogP contribution is -1.91. The van der Waals surface area contributed by atoms with Crippen molar-refractivity contribution in [2.24, 2.45) is 0 Å². The summed E-state index contributed by atoms with van der Waals surface area (Å²) in [7, 11) is 0. The number of benzene rings is 10. The molecule has 0 heteroatoms. The smallest absolute Gasteiger partial charge is 0.00203 e. The van der Waals surface area contributed by atoms with Gasteiger partial charge < -0.3 is 0 Å². The van der Waals surface area contributed by atoms with Gasteiger partial charge in [-0.1, -0.05) is 152 Å². The van der Waals surface area contributed by atoms with Crippen molar-refractivity contribution < 1.29 is 0 Å². The number of fused-ring (bicyclic) bond motifs is 5. The molecular formula is C44H26. The standard InChI is InChI=1S/C44H26/c1-3-13-32-27(8-1)10-6-15-34(32)35-16-7-17-36-37(35)24-25-40-41(36)26-31-9-2-4-14-33(31)44(40)39-23-21-30-19-18-28-11-5-12-29-20-22-38(39)43(30)42(28)29/h1-26H. The van der Waals surface area contributed by atoms with Gasteiger partial charge in [-0.2, -0.15) is 0 Å². The molecule has 0 aliphatic carbocycles. The Morgan fingerprint density at radius 1 is 0.227 bits per heavy atom. The maximum absolute atomic E-state index is 2.40. The topological polar surface area (TPSA) is 0 Å². The van der Waals surface area contributed by atoms with E-state index in [9.17, 15) is 0 Å². The van der Waals surface area contributed by atoms with Crippen molar-refractivity contribution in [2.75, 3.05) is 0 Å². The van der Waals surface area contributed by atoms with Crippen molar-refractivity contribution in [3.05, 3.63) is 158 Å². The Morgan fingerprint density at radius 3 is 1.64 bits per heavy atom. The van der Waals surface area contributed by atoms with Crippen molar-refractivity contribution in [1.82, 2.24) is 0 Å². The summed E-state index contributed by atoms with van der Waals surface area (Å²) < 4.78 is 0. The third-order valence-electron chi connectivity index (χ3n) is 9.78. The van der Waals surface area contributed by atoms with Gasteiger partial charge >= 0.3 is 0 Å². The van der Waals surface area contributed by atoms with Gasteiger partial charge in [-0.15, -0.1) is 0 Å². The second-order valence-electron chi connectivity index (χ2n) is 12.0. The molecule has 0 N–H and O–H groups in total. The van der Waals surface area contributed by atoms with Crippen LogP contribution in [0.4, 0.5) is 0 Å². The molecule has 0 saturated carbocycles. The van der Waals surface area contributed by atoms with Crippen LogP contribution in [-0.4, -0.2) is 0 Å². The summed E-state index contributed by atoms with van der Waals surface area (Å²) in [4.78, 5) is 0. The molecule has 202 valence electrons. The van der Waals surface area contributed by atoms with Gasteiger partial charge in [0.05, 0.1) is 0 Å². The van der Waals surface area contributed by atoms with E-state index in [1.54, 1.807) is 0 Å². The van der Waals surface area contributed by atoms with Crippen LogP contribution in [0.15, 0.2) is 158 Å². The summed E-state index contributed by atoms with van der Waals surface area (Å²) in [5.74, 6) is 0. The van der Waals surface area contributed by atoms with Crippen molar-refractivity contribution in [1.29, 1.82) is 0 Å². The van der Waals surface area contributed by atoms with Crippen LogP contribution in [-0.2, 0) is 0 Å². The first-order valence-electron chi connectivity index (χ1n) is 15.4. The normalized spacial score (nSPS) is 12.1. The molecule has 44 heavy (non-hydrogen) atoms. The molecule has 0 bridgehead atoms. The van der Waals surface area contributed by atoms with Crippen molar-refractivity contribution in [3.63, 3.8) is 0 Å². The summed E-state index contributed by atoms with van der Waals surface area (Å²) in [6.45, 7) is 0. The number of hydrogen-bond acceptors (Lipinski definition) is 0. The summed E-state index contributed by atoms with van der Waals surface area (Å²) in [5, 5.41) is 18.2. The van der Waals surface area contributed by atoms with Gasteiger partial charge in [0.15, 0.2) is 0 Å². The van der Waals surface area contributed by atoms with E-state index in [0.717, 1.165) is 0 Å². The Labute approximate surface area is 254 Å². The predicted molar refractivity (Wildman–Crippen MR) is 191 cm³/mol. The molecule has 0 unspecified atom stereocenters. The molecule has 0 radical (unpaired) electrons. The van der Waals surface area contributed by atoms with Gasteiger partial charge in [-0.25, -0.2) is 0 Å². The van der Waals surface area contributed by atoms with Crippen LogP contribution in [0.3, 0.4) is 0 Å². The molecule has 0 aliphatic heterocycles. The molecule has 10 rings (SSSR count). The maximum Gasteiger partial charge on any atom is -0.00203 e. The van der Waals surface area contributed by atoms with Gasteiger partial charge in [0, 0.05) is 0 Å². The zero-order valence-electron chi connectivity index (χ0n) is 24.0. The molecule has 0 atom stereocenters. The van der Waals surface area contributed by atoms with Crippen LogP contribution in [0.5, 0.6) is 0 Å². The molecule has 0 spiro atoms. The van der Waals surface area contributed by atoms with E-state index in [4.69, 9.17) is 0 Å². The summed E-state index contributed by atoms with van der Waals surface area (Å²) in [6, 6.07) is 58.6. The van der Waals surface area contributed by atoms with Crippen LogP contribution in [0, 0.1) is 0 Å². The highest BCUT2D eigenvalue weighted by atomic mass is 14.2. The maximum atomic E-state index is 2.40. The van der Waals surface area contributed by atoms with Gasteiger partial charge in [0.25, 0.3) is 0 Å². The van der Waals surface area contributed by atoms with Crippen molar-refractivity contribution in [3.8, 4) is 22.3 Å². The molecule has 0 aromatic heterocycles. The molecule has 0 aliphatic rings. The molecule has 0 amide bonds. The van der Waals surface area contributed by atoms with Crippen LogP contribution in [0.2, 0.25) is 0 Å². The average molecular weight is 555 g/mol. The predicted octanol–water partition coefficient (Wildman–Crippen LogP) is 12.5. The Hall–Kier alpha value is -5.72. The lowest BCUT2D eigenvalue weighted by Gasteiger charge is -2.19. The van der Waals surface area contributed by atoms with Gasteiger partial charge in [0.1, 0.15) is 0 Å². The molecule has 10 aromatic rings. The number of hydrogen-bond donors (Lipinski definition) is 0.